The zero-order valence-corrected chi connectivity index (χ0v) is 48.9. The molecular weight excluding hydrogens is 891 g/mol. The monoisotopic (exact) mass is 1020 g/mol. The molecule has 0 aliphatic rings. The van der Waals surface area contributed by atoms with Crippen molar-refractivity contribution in [3.63, 3.8) is 0 Å². The van der Waals surface area contributed by atoms with E-state index >= 15 is 0 Å². The Morgan fingerprint density at radius 1 is 0.342 bits per heavy atom. The lowest BCUT2D eigenvalue weighted by Crippen LogP contribution is -2.45. The summed E-state index contributed by atoms with van der Waals surface area (Å²) in [4.78, 5) is 12.5. The Labute approximate surface area is 456 Å². The Hall–Kier alpha value is -2.43. The van der Waals surface area contributed by atoms with Gasteiger partial charge in [0.1, 0.15) is 0 Å². The highest BCUT2D eigenvalue weighted by Gasteiger charge is 2.18. The van der Waals surface area contributed by atoms with E-state index in [0.717, 1.165) is 64.2 Å². The SMILES string of the molecule is CC/C=C\C/C=C\C/C=C\C/C=C\C/C=C\CCCCCCCCCCCCCCCCCCCCCCCC(=O)NC(CO)C(O)/C=C/CC/C=C/CCCCCCCCCCCCCCCCCCCC. The smallest absolute Gasteiger partial charge is 0.220 e. The van der Waals surface area contributed by atoms with Gasteiger partial charge in [0.25, 0.3) is 0 Å². The summed E-state index contributed by atoms with van der Waals surface area (Å²) in [5.74, 6) is -0.0698. The summed E-state index contributed by atoms with van der Waals surface area (Å²) in [7, 11) is 0. The summed E-state index contributed by atoms with van der Waals surface area (Å²) in [6.45, 7) is 4.21. The van der Waals surface area contributed by atoms with Crippen molar-refractivity contribution in [1.29, 1.82) is 0 Å². The Morgan fingerprint density at radius 3 is 0.959 bits per heavy atom. The molecule has 3 N–H and O–H groups in total. The first kappa shape index (κ1) is 70.6. The van der Waals surface area contributed by atoms with Gasteiger partial charge in [0.2, 0.25) is 5.91 Å². The van der Waals surface area contributed by atoms with Crippen LogP contribution in [0.2, 0.25) is 0 Å². The number of hydrogen-bond donors (Lipinski definition) is 3. The van der Waals surface area contributed by atoms with Gasteiger partial charge in [-0.3, -0.25) is 4.79 Å². The first-order valence-corrected chi connectivity index (χ1v) is 32.3. The van der Waals surface area contributed by atoms with Crippen molar-refractivity contribution in [3.8, 4) is 0 Å². The van der Waals surface area contributed by atoms with Crippen LogP contribution in [-0.2, 0) is 4.79 Å². The van der Waals surface area contributed by atoms with Crippen molar-refractivity contribution in [2.45, 2.75) is 341 Å². The topological polar surface area (TPSA) is 69.6 Å². The highest BCUT2D eigenvalue weighted by molar-refractivity contribution is 5.76. The van der Waals surface area contributed by atoms with Crippen LogP contribution in [0.25, 0.3) is 0 Å². The molecule has 0 saturated heterocycles. The first-order valence-electron chi connectivity index (χ1n) is 32.3. The van der Waals surface area contributed by atoms with Gasteiger partial charge in [-0.25, -0.2) is 0 Å². The van der Waals surface area contributed by atoms with Crippen LogP contribution in [0.15, 0.2) is 85.1 Å². The second kappa shape index (κ2) is 63.9. The summed E-state index contributed by atoms with van der Waals surface area (Å²) < 4.78 is 0. The molecule has 4 nitrogen and oxygen atoms in total. The first-order chi connectivity index (χ1) is 36.2. The second-order valence-electron chi connectivity index (χ2n) is 21.8. The fraction of sp³-hybridized carbons (Fsp3) is 0.783. The minimum absolute atomic E-state index is 0.0698. The van der Waals surface area contributed by atoms with Crippen molar-refractivity contribution < 1.29 is 15.0 Å². The van der Waals surface area contributed by atoms with Gasteiger partial charge in [0.15, 0.2) is 0 Å². The average molecular weight is 1020 g/mol. The van der Waals surface area contributed by atoms with Crippen molar-refractivity contribution in [2.24, 2.45) is 0 Å². The number of allylic oxidation sites excluding steroid dienone is 13. The number of aliphatic hydroxyl groups is 2. The molecule has 2 atom stereocenters. The van der Waals surface area contributed by atoms with E-state index in [1.54, 1.807) is 6.08 Å². The number of nitrogens with one attached hydrogen (secondary N) is 1. The van der Waals surface area contributed by atoms with Gasteiger partial charge in [-0.1, -0.05) is 330 Å². The summed E-state index contributed by atoms with van der Waals surface area (Å²) in [5.41, 5.74) is 0. The molecule has 0 bridgehead atoms. The molecule has 0 radical (unpaired) electrons. The molecular formula is C69H125NO3. The predicted octanol–water partition coefficient (Wildman–Crippen LogP) is 21.9. The zero-order chi connectivity index (χ0) is 52.7. The fourth-order valence-corrected chi connectivity index (χ4v) is 9.75. The molecule has 0 aromatic heterocycles. The maximum absolute atomic E-state index is 12.5. The number of carbonyl (C=O) groups excluding carboxylic acids is 1. The highest BCUT2D eigenvalue weighted by Crippen LogP contribution is 2.18. The zero-order valence-electron chi connectivity index (χ0n) is 48.9. The molecule has 0 aliphatic carbocycles. The van der Waals surface area contributed by atoms with E-state index in [1.807, 2.05) is 6.08 Å². The molecule has 0 heterocycles. The van der Waals surface area contributed by atoms with Crippen molar-refractivity contribution in [2.75, 3.05) is 6.61 Å². The van der Waals surface area contributed by atoms with Gasteiger partial charge < -0.3 is 15.5 Å². The molecule has 2 unspecified atom stereocenters. The number of carbonyl (C=O) groups is 1. The van der Waals surface area contributed by atoms with Crippen LogP contribution >= 0.6 is 0 Å². The molecule has 73 heavy (non-hydrogen) atoms. The van der Waals surface area contributed by atoms with Gasteiger partial charge in [0.05, 0.1) is 18.8 Å². The molecule has 0 aromatic rings. The summed E-state index contributed by atoms with van der Waals surface area (Å²) in [6, 6.07) is -0.642. The van der Waals surface area contributed by atoms with Gasteiger partial charge in [-0.05, 0) is 77.0 Å². The van der Waals surface area contributed by atoms with Gasteiger partial charge in [-0.15, -0.1) is 0 Å². The fourth-order valence-electron chi connectivity index (χ4n) is 9.75. The van der Waals surface area contributed by atoms with Crippen LogP contribution in [0.1, 0.15) is 328 Å². The molecule has 0 saturated carbocycles. The van der Waals surface area contributed by atoms with E-state index in [4.69, 9.17) is 0 Å². The third-order valence-corrected chi connectivity index (χ3v) is 14.6. The Balaban J connectivity index is 3.48. The van der Waals surface area contributed by atoms with Crippen LogP contribution in [-0.4, -0.2) is 34.9 Å². The number of amides is 1. The van der Waals surface area contributed by atoms with Gasteiger partial charge in [0, 0.05) is 6.42 Å². The lowest BCUT2D eigenvalue weighted by Gasteiger charge is -2.19. The molecule has 0 aromatic carbocycles. The second-order valence-corrected chi connectivity index (χ2v) is 21.8. The van der Waals surface area contributed by atoms with Crippen LogP contribution in [0.5, 0.6) is 0 Å². The van der Waals surface area contributed by atoms with E-state index in [2.05, 4.69) is 92.1 Å². The lowest BCUT2D eigenvalue weighted by molar-refractivity contribution is -0.123. The van der Waals surface area contributed by atoms with Crippen molar-refractivity contribution >= 4 is 5.91 Å². The number of hydrogen-bond acceptors (Lipinski definition) is 3. The normalized spacial score (nSPS) is 13.3. The minimum Gasteiger partial charge on any atom is -0.394 e. The van der Waals surface area contributed by atoms with Crippen LogP contribution in [0.3, 0.4) is 0 Å². The van der Waals surface area contributed by atoms with E-state index in [1.165, 1.54) is 244 Å². The molecule has 1 amide bonds. The number of unbranched alkanes of at least 4 members (excludes halogenated alkanes) is 40. The Morgan fingerprint density at radius 2 is 0.616 bits per heavy atom. The summed E-state index contributed by atoms with van der Waals surface area (Å²) in [5, 5.41) is 23.2. The largest absolute Gasteiger partial charge is 0.394 e. The maximum Gasteiger partial charge on any atom is 0.220 e. The highest BCUT2D eigenvalue weighted by atomic mass is 16.3. The molecule has 4 heteroatoms. The molecule has 0 rings (SSSR count). The third kappa shape index (κ3) is 60.3. The molecule has 0 fully saturated rings. The van der Waals surface area contributed by atoms with Crippen LogP contribution in [0, 0.1) is 0 Å². The van der Waals surface area contributed by atoms with E-state index in [0.29, 0.717) is 6.42 Å². The maximum atomic E-state index is 12.5. The number of rotatable bonds is 59. The average Bonchev–Trinajstić information content (AvgIpc) is 3.40. The van der Waals surface area contributed by atoms with Crippen molar-refractivity contribution in [3.05, 3.63) is 85.1 Å². The van der Waals surface area contributed by atoms with Crippen LogP contribution in [0.4, 0.5) is 0 Å². The standard InChI is InChI=1S/C69H125NO3/c1-3-5-7-9-11-13-15-17-19-21-23-25-27-29-30-31-32-33-34-35-36-37-38-39-40-41-43-45-47-49-51-53-55-57-59-61-63-65-69(73)70-67(66-71)68(72)64-62-60-58-56-54-52-50-48-46-44-42-28-26-24-22-20-18-16-14-12-10-8-6-4-2/h5,7,11,13,17,19,23,25,29-30,54,56,62,64,67-68,71-72H,3-4,6,8-10,12,14-16,18,20-22,24,26-28,31-53,55,57-61,63,65-66H2,1-2H3,(H,70,73)/b7-5-,13-11-,19-17-,25-23-,30-29-,56-54+,64-62+. The van der Waals surface area contributed by atoms with Gasteiger partial charge >= 0.3 is 0 Å². The third-order valence-electron chi connectivity index (χ3n) is 14.6. The van der Waals surface area contributed by atoms with Gasteiger partial charge in [-0.2, -0.15) is 0 Å². The quantitative estimate of drug-likeness (QED) is 0.0420. The summed E-state index contributed by atoms with van der Waals surface area (Å²) >= 11 is 0. The van der Waals surface area contributed by atoms with E-state index in [9.17, 15) is 15.0 Å². The molecule has 0 aliphatic heterocycles. The van der Waals surface area contributed by atoms with E-state index in [-0.39, 0.29) is 12.5 Å². The van der Waals surface area contributed by atoms with Crippen LogP contribution < -0.4 is 5.32 Å². The van der Waals surface area contributed by atoms with E-state index < -0.39 is 12.1 Å². The predicted molar refractivity (Wildman–Crippen MR) is 327 cm³/mol. The molecule has 0 spiro atoms. The van der Waals surface area contributed by atoms with Crippen molar-refractivity contribution in [1.82, 2.24) is 5.32 Å². The lowest BCUT2D eigenvalue weighted by atomic mass is 10.0. The number of aliphatic hydroxyl groups excluding tert-OH is 2. The molecule has 424 valence electrons. The summed E-state index contributed by atoms with van der Waals surface area (Å²) in [6.07, 6.45) is 93.6. The Kier molecular flexibility index (Phi) is 61.7. The minimum atomic E-state index is -0.865. The Bertz CT molecular complexity index is 1290.